The van der Waals surface area contributed by atoms with Crippen molar-refractivity contribution >= 4 is 17.0 Å². The zero-order chi connectivity index (χ0) is 22.3. The second-order valence-corrected chi connectivity index (χ2v) is 7.43. The van der Waals surface area contributed by atoms with E-state index in [0.717, 1.165) is 47.4 Å². The molecule has 0 saturated carbocycles. The number of hydrogen-bond donors (Lipinski definition) is 0. The summed E-state index contributed by atoms with van der Waals surface area (Å²) in [5.41, 5.74) is 3.46. The van der Waals surface area contributed by atoms with Gasteiger partial charge in [0.25, 0.3) is 0 Å². The summed E-state index contributed by atoms with van der Waals surface area (Å²) >= 11 is 0. The summed E-state index contributed by atoms with van der Waals surface area (Å²) in [5, 5.41) is 5.75. The third-order valence-electron chi connectivity index (χ3n) is 5.33. The minimum Gasteiger partial charge on any atom is -0.481 e. The fourth-order valence-corrected chi connectivity index (χ4v) is 3.60. The molecule has 0 bridgehead atoms. The molecule has 0 aliphatic carbocycles. The van der Waals surface area contributed by atoms with Crippen LogP contribution < -0.4 is 4.74 Å². The van der Waals surface area contributed by atoms with Crippen molar-refractivity contribution < 1.29 is 14.3 Å². The molecular formula is C24H25N5O3. The van der Waals surface area contributed by atoms with E-state index in [-0.39, 0.29) is 18.3 Å². The normalized spacial score (nSPS) is 11.9. The van der Waals surface area contributed by atoms with Gasteiger partial charge in [0.15, 0.2) is 5.65 Å². The molecule has 4 heterocycles. The molecule has 1 atom stereocenters. The average Bonchev–Trinajstić information content (AvgIpc) is 3.31. The molecule has 0 spiro atoms. The first-order valence-electron chi connectivity index (χ1n) is 10.5. The molecule has 32 heavy (non-hydrogen) atoms. The number of carbonyl (C=O) groups excluding carboxylic acids is 1. The number of rotatable bonds is 9. The van der Waals surface area contributed by atoms with Gasteiger partial charge in [0.05, 0.1) is 26.3 Å². The van der Waals surface area contributed by atoms with E-state index in [1.165, 1.54) is 7.11 Å². The van der Waals surface area contributed by atoms with Crippen LogP contribution >= 0.6 is 0 Å². The van der Waals surface area contributed by atoms with E-state index in [1.54, 1.807) is 25.6 Å². The van der Waals surface area contributed by atoms with Crippen LogP contribution in [0.25, 0.3) is 11.0 Å². The van der Waals surface area contributed by atoms with E-state index in [1.807, 2.05) is 41.2 Å². The van der Waals surface area contributed by atoms with Crippen molar-refractivity contribution in [1.82, 2.24) is 24.7 Å². The molecule has 4 rings (SSSR count). The van der Waals surface area contributed by atoms with Gasteiger partial charge in [-0.1, -0.05) is 6.07 Å². The van der Waals surface area contributed by atoms with Crippen LogP contribution in [0.15, 0.2) is 61.1 Å². The van der Waals surface area contributed by atoms with Crippen LogP contribution in [0.2, 0.25) is 0 Å². The Morgan fingerprint density at radius 2 is 2.00 bits per heavy atom. The number of fused-ring (bicyclic) bond motifs is 1. The summed E-state index contributed by atoms with van der Waals surface area (Å²) in [5.74, 6) is -0.0136. The summed E-state index contributed by atoms with van der Waals surface area (Å²) in [6.07, 6.45) is 7.31. The van der Waals surface area contributed by atoms with Gasteiger partial charge in [0, 0.05) is 48.2 Å². The molecule has 0 N–H and O–H groups in total. The van der Waals surface area contributed by atoms with Gasteiger partial charge in [-0.15, -0.1) is 0 Å². The van der Waals surface area contributed by atoms with Crippen molar-refractivity contribution in [1.29, 1.82) is 0 Å². The Bertz CT molecular complexity index is 1190. The van der Waals surface area contributed by atoms with Gasteiger partial charge in [-0.25, -0.2) is 15.0 Å². The Kier molecular flexibility index (Phi) is 6.69. The van der Waals surface area contributed by atoms with Crippen molar-refractivity contribution in [2.45, 2.75) is 31.7 Å². The van der Waals surface area contributed by atoms with Gasteiger partial charge in [-0.05, 0) is 48.7 Å². The Hall–Kier alpha value is -3.81. The van der Waals surface area contributed by atoms with Crippen molar-refractivity contribution in [3.8, 4) is 5.88 Å². The van der Waals surface area contributed by atoms with E-state index in [4.69, 9.17) is 14.6 Å². The molecular weight excluding hydrogens is 406 g/mol. The molecule has 0 radical (unpaired) electrons. The van der Waals surface area contributed by atoms with Crippen LogP contribution in [0.3, 0.4) is 0 Å². The Balaban J connectivity index is 1.43. The molecule has 8 nitrogen and oxygen atoms in total. The second-order valence-electron chi connectivity index (χ2n) is 7.43. The van der Waals surface area contributed by atoms with Crippen molar-refractivity contribution in [2.75, 3.05) is 14.2 Å². The highest BCUT2D eigenvalue weighted by atomic mass is 16.5. The smallest absolute Gasteiger partial charge is 0.306 e. The molecule has 0 aliphatic heterocycles. The van der Waals surface area contributed by atoms with Gasteiger partial charge in [-0.3, -0.25) is 9.48 Å². The minimum absolute atomic E-state index is 0.190. The predicted molar refractivity (Wildman–Crippen MR) is 119 cm³/mol. The highest BCUT2D eigenvalue weighted by Gasteiger charge is 2.22. The summed E-state index contributed by atoms with van der Waals surface area (Å²) in [6.45, 7) is 0.744. The minimum atomic E-state index is -0.295. The van der Waals surface area contributed by atoms with Crippen molar-refractivity contribution in [2.24, 2.45) is 0 Å². The number of carbonyl (C=O) groups is 1. The number of aryl methyl sites for hydroxylation is 2. The Morgan fingerprint density at radius 3 is 2.78 bits per heavy atom. The lowest BCUT2D eigenvalue weighted by Gasteiger charge is -2.14. The molecule has 0 aromatic carbocycles. The standard InChI is InChI=1S/C24H25N5O3/c1-31-22-10-8-18(16-26-22)20(15-23(30)32-2)21-11-14-29(28-21)13-4-6-19-9-7-17-5-3-12-25-24(17)27-19/h3,5,7-12,14,16,20H,4,6,13,15H2,1-2H3. The van der Waals surface area contributed by atoms with Crippen LogP contribution in [0.1, 0.15) is 35.7 Å². The zero-order valence-corrected chi connectivity index (χ0v) is 18.1. The maximum atomic E-state index is 12.0. The molecule has 4 aromatic rings. The Labute approximate surface area is 186 Å². The van der Waals surface area contributed by atoms with E-state index in [9.17, 15) is 4.79 Å². The van der Waals surface area contributed by atoms with Crippen LogP contribution in [0.4, 0.5) is 0 Å². The first kappa shape index (κ1) is 21.4. The summed E-state index contributed by atoms with van der Waals surface area (Å²) in [6, 6.07) is 13.6. The van der Waals surface area contributed by atoms with Gasteiger partial charge in [-0.2, -0.15) is 5.10 Å². The number of nitrogens with zero attached hydrogens (tertiary/aromatic N) is 5. The summed E-state index contributed by atoms with van der Waals surface area (Å²) in [4.78, 5) is 25.2. The third kappa shape index (κ3) is 5.08. The quantitative estimate of drug-likeness (QED) is 0.374. The SMILES string of the molecule is COC(=O)CC(c1ccc(OC)nc1)c1ccn(CCCc2ccc3cccnc3n2)n1. The molecule has 0 amide bonds. The fourth-order valence-electron chi connectivity index (χ4n) is 3.60. The molecule has 1 unspecified atom stereocenters. The topological polar surface area (TPSA) is 92.0 Å². The van der Waals surface area contributed by atoms with E-state index in [0.29, 0.717) is 5.88 Å². The van der Waals surface area contributed by atoms with Gasteiger partial charge >= 0.3 is 5.97 Å². The number of ether oxygens (including phenoxy) is 2. The van der Waals surface area contributed by atoms with Crippen LogP contribution in [0, 0.1) is 0 Å². The third-order valence-corrected chi connectivity index (χ3v) is 5.33. The first-order valence-corrected chi connectivity index (χ1v) is 10.5. The van der Waals surface area contributed by atoms with Crippen LogP contribution in [-0.4, -0.2) is 44.9 Å². The van der Waals surface area contributed by atoms with Gasteiger partial charge in [0.2, 0.25) is 5.88 Å². The number of methoxy groups -OCH3 is 2. The monoisotopic (exact) mass is 431 g/mol. The van der Waals surface area contributed by atoms with E-state index < -0.39 is 0 Å². The zero-order valence-electron chi connectivity index (χ0n) is 18.1. The summed E-state index contributed by atoms with van der Waals surface area (Å²) in [7, 11) is 2.96. The van der Waals surface area contributed by atoms with Crippen molar-refractivity contribution in [3.63, 3.8) is 0 Å². The molecule has 0 aliphatic rings. The average molecular weight is 431 g/mol. The highest BCUT2D eigenvalue weighted by molar-refractivity contribution is 5.74. The number of pyridine rings is 3. The van der Waals surface area contributed by atoms with Gasteiger partial charge in [0.1, 0.15) is 0 Å². The Morgan fingerprint density at radius 1 is 1.09 bits per heavy atom. The first-order chi connectivity index (χ1) is 15.7. The predicted octanol–water partition coefficient (Wildman–Crippen LogP) is 3.56. The van der Waals surface area contributed by atoms with Gasteiger partial charge < -0.3 is 9.47 Å². The summed E-state index contributed by atoms with van der Waals surface area (Å²) < 4.78 is 11.9. The second kappa shape index (κ2) is 10.00. The largest absolute Gasteiger partial charge is 0.481 e. The number of esters is 1. The number of aromatic nitrogens is 5. The molecule has 4 aromatic heterocycles. The van der Waals surface area contributed by atoms with Crippen LogP contribution in [0.5, 0.6) is 5.88 Å². The maximum Gasteiger partial charge on any atom is 0.306 e. The van der Waals surface area contributed by atoms with Crippen molar-refractivity contribution in [3.05, 3.63) is 78.0 Å². The molecule has 8 heteroatoms. The fraction of sp³-hybridized carbons (Fsp3) is 0.292. The molecule has 0 fully saturated rings. The van der Waals surface area contributed by atoms with E-state index >= 15 is 0 Å². The van der Waals surface area contributed by atoms with E-state index in [2.05, 4.69) is 21.0 Å². The lowest BCUT2D eigenvalue weighted by molar-refractivity contribution is -0.140. The number of hydrogen-bond acceptors (Lipinski definition) is 7. The van der Waals surface area contributed by atoms with Crippen LogP contribution in [-0.2, 0) is 22.5 Å². The molecule has 0 saturated heterocycles. The molecule has 164 valence electrons. The highest BCUT2D eigenvalue weighted by Crippen LogP contribution is 2.27. The maximum absolute atomic E-state index is 12.0. The lowest BCUT2D eigenvalue weighted by atomic mass is 9.94. The lowest BCUT2D eigenvalue weighted by Crippen LogP contribution is -2.12.